The summed E-state index contributed by atoms with van der Waals surface area (Å²) in [6.07, 6.45) is 0.712. The number of anilines is 1. The summed E-state index contributed by atoms with van der Waals surface area (Å²) < 4.78 is 0.830. The highest BCUT2D eigenvalue weighted by Crippen LogP contribution is 2.25. The van der Waals surface area contributed by atoms with Crippen molar-refractivity contribution in [1.29, 1.82) is 0 Å². The third kappa shape index (κ3) is 3.28. The van der Waals surface area contributed by atoms with E-state index >= 15 is 0 Å². The zero-order valence-corrected chi connectivity index (χ0v) is 11.1. The summed E-state index contributed by atoms with van der Waals surface area (Å²) in [5.41, 5.74) is 6.36. The summed E-state index contributed by atoms with van der Waals surface area (Å²) in [5, 5.41) is 15.3. The molecule has 0 radical (unpaired) electrons. The first-order chi connectivity index (χ1) is 7.58. The fourth-order valence-corrected chi connectivity index (χ4v) is 1.67. The minimum absolute atomic E-state index is 0.154. The lowest BCUT2D eigenvalue weighted by Crippen LogP contribution is -2.35. The highest BCUT2D eigenvalue weighted by molar-refractivity contribution is 9.10. The molecule has 0 aliphatic heterocycles. The van der Waals surface area contributed by atoms with Gasteiger partial charge in [-0.2, -0.15) is 0 Å². The van der Waals surface area contributed by atoms with Gasteiger partial charge in [0.05, 0.1) is 11.1 Å². The Morgan fingerprint density at radius 2 is 2.38 bits per heavy atom. The van der Waals surface area contributed by atoms with Crippen LogP contribution in [0.2, 0.25) is 5.02 Å². The van der Waals surface area contributed by atoms with Gasteiger partial charge in [-0.3, -0.25) is 0 Å². The van der Waals surface area contributed by atoms with E-state index in [0.717, 1.165) is 10.2 Å². The molecule has 0 bridgehead atoms. The Kier molecular flexibility index (Phi) is 4.89. The molecule has 0 saturated carbocycles. The molecule has 0 aliphatic carbocycles. The summed E-state index contributed by atoms with van der Waals surface area (Å²) in [6.45, 7) is 1.94. The van der Waals surface area contributed by atoms with Gasteiger partial charge in [0.15, 0.2) is 5.84 Å². The zero-order chi connectivity index (χ0) is 12.1. The summed E-state index contributed by atoms with van der Waals surface area (Å²) in [5.74, 6) is 0.154. The van der Waals surface area contributed by atoms with Crippen molar-refractivity contribution in [3.63, 3.8) is 0 Å². The highest BCUT2D eigenvalue weighted by Gasteiger charge is 2.11. The summed E-state index contributed by atoms with van der Waals surface area (Å²) in [6, 6.07) is 5.27. The van der Waals surface area contributed by atoms with E-state index in [1.54, 1.807) is 6.07 Å². The molecule has 4 N–H and O–H groups in total. The molecule has 1 atom stereocenters. The van der Waals surface area contributed by atoms with Crippen LogP contribution >= 0.6 is 27.5 Å². The van der Waals surface area contributed by atoms with Crippen LogP contribution in [0, 0.1) is 0 Å². The maximum atomic E-state index is 8.60. The number of hydrogen-bond donors (Lipinski definition) is 3. The minimum Gasteiger partial charge on any atom is -0.409 e. The Morgan fingerprint density at radius 3 is 2.88 bits per heavy atom. The van der Waals surface area contributed by atoms with E-state index in [1.807, 2.05) is 19.1 Å². The first-order valence-corrected chi connectivity index (χ1v) is 5.94. The maximum Gasteiger partial charge on any atom is 0.161 e. The number of nitrogens with zero attached hydrogens (tertiary/aromatic N) is 1. The summed E-state index contributed by atoms with van der Waals surface area (Å²) in [4.78, 5) is 0. The van der Waals surface area contributed by atoms with Crippen molar-refractivity contribution in [3.8, 4) is 0 Å². The van der Waals surface area contributed by atoms with Crippen molar-refractivity contribution in [2.75, 3.05) is 5.32 Å². The highest BCUT2D eigenvalue weighted by atomic mass is 79.9. The van der Waals surface area contributed by atoms with Crippen LogP contribution in [-0.4, -0.2) is 17.1 Å². The van der Waals surface area contributed by atoms with Crippen molar-refractivity contribution in [3.05, 3.63) is 27.7 Å². The molecule has 16 heavy (non-hydrogen) atoms. The van der Waals surface area contributed by atoms with Crippen LogP contribution in [0.5, 0.6) is 0 Å². The maximum absolute atomic E-state index is 8.60. The Morgan fingerprint density at radius 1 is 1.69 bits per heavy atom. The Hall–Kier alpha value is -0.940. The molecule has 1 aromatic carbocycles. The standard InChI is InChI=1S/C10H13BrClN3O/c1-2-9(10(13)15-16)14-6-3-4-7(11)8(12)5-6/h3-5,9,14,16H,2H2,1H3,(H2,13,15). The predicted octanol–water partition coefficient (Wildman–Crippen LogP) is 3.04. The van der Waals surface area contributed by atoms with E-state index in [1.165, 1.54) is 0 Å². The van der Waals surface area contributed by atoms with Crippen LogP contribution in [0.1, 0.15) is 13.3 Å². The molecule has 0 heterocycles. The zero-order valence-electron chi connectivity index (χ0n) is 8.74. The summed E-state index contributed by atoms with van der Waals surface area (Å²) in [7, 11) is 0. The first kappa shape index (κ1) is 13.1. The van der Waals surface area contributed by atoms with Crippen molar-refractivity contribution in [1.82, 2.24) is 0 Å². The molecule has 0 spiro atoms. The van der Waals surface area contributed by atoms with Gasteiger partial charge in [0, 0.05) is 10.2 Å². The molecule has 1 aromatic rings. The molecule has 0 saturated heterocycles. The predicted molar refractivity (Wildman–Crippen MR) is 70.3 cm³/mol. The lowest BCUT2D eigenvalue weighted by Gasteiger charge is -2.16. The molecule has 1 rings (SSSR count). The average molecular weight is 307 g/mol. The molecule has 0 aromatic heterocycles. The van der Waals surface area contributed by atoms with E-state index in [-0.39, 0.29) is 11.9 Å². The van der Waals surface area contributed by atoms with Crippen molar-refractivity contribution < 1.29 is 5.21 Å². The van der Waals surface area contributed by atoms with Crippen molar-refractivity contribution in [2.24, 2.45) is 10.9 Å². The molecule has 1 unspecified atom stereocenters. The molecule has 4 nitrogen and oxygen atoms in total. The number of hydrogen-bond acceptors (Lipinski definition) is 3. The number of halogens is 2. The van der Waals surface area contributed by atoms with Gasteiger partial charge in [-0.1, -0.05) is 23.7 Å². The fourth-order valence-electron chi connectivity index (χ4n) is 1.24. The SMILES string of the molecule is CCC(Nc1ccc(Br)c(Cl)c1)/C(N)=N/O. The number of rotatable bonds is 4. The summed E-state index contributed by atoms with van der Waals surface area (Å²) >= 11 is 9.26. The van der Waals surface area contributed by atoms with Crippen LogP contribution in [0.15, 0.2) is 27.8 Å². The van der Waals surface area contributed by atoms with E-state index in [0.29, 0.717) is 11.4 Å². The van der Waals surface area contributed by atoms with Gasteiger partial charge in [0.25, 0.3) is 0 Å². The molecule has 0 fully saturated rings. The van der Waals surface area contributed by atoms with Gasteiger partial charge < -0.3 is 16.3 Å². The van der Waals surface area contributed by atoms with Gasteiger partial charge >= 0.3 is 0 Å². The molecule has 88 valence electrons. The van der Waals surface area contributed by atoms with Crippen molar-refractivity contribution in [2.45, 2.75) is 19.4 Å². The number of nitrogens with two attached hydrogens (primary N) is 1. The van der Waals surface area contributed by atoms with Gasteiger partial charge in [-0.05, 0) is 40.5 Å². The van der Waals surface area contributed by atoms with Crippen molar-refractivity contribution >= 4 is 39.1 Å². The van der Waals surface area contributed by atoms with E-state index < -0.39 is 0 Å². The van der Waals surface area contributed by atoms with Gasteiger partial charge in [0.1, 0.15) is 0 Å². The second-order valence-corrected chi connectivity index (χ2v) is 4.52. The lowest BCUT2D eigenvalue weighted by molar-refractivity contribution is 0.316. The van der Waals surface area contributed by atoms with Gasteiger partial charge in [-0.25, -0.2) is 0 Å². The van der Waals surface area contributed by atoms with E-state index in [2.05, 4.69) is 26.4 Å². The molecule has 6 heteroatoms. The van der Waals surface area contributed by atoms with Gasteiger partial charge in [-0.15, -0.1) is 0 Å². The van der Waals surface area contributed by atoms with Crippen LogP contribution in [0.3, 0.4) is 0 Å². The van der Waals surface area contributed by atoms with Gasteiger partial charge in [0.2, 0.25) is 0 Å². The normalized spacial score (nSPS) is 13.6. The molecular formula is C10H13BrClN3O. The second kappa shape index (κ2) is 5.96. The van der Waals surface area contributed by atoms with Crippen LogP contribution in [-0.2, 0) is 0 Å². The van der Waals surface area contributed by atoms with E-state index in [9.17, 15) is 0 Å². The third-order valence-electron chi connectivity index (χ3n) is 2.14. The monoisotopic (exact) mass is 305 g/mol. The Bertz CT molecular complexity index is 398. The minimum atomic E-state index is -0.206. The average Bonchev–Trinajstić information content (AvgIpc) is 2.29. The second-order valence-electron chi connectivity index (χ2n) is 3.26. The van der Waals surface area contributed by atoms with Crippen LogP contribution in [0.4, 0.5) is 5.69 Å². The van der Waals surface area contributed by atoms with Crippen LogP contribution < -0.4 is 11.1 Å². The largest absolute Gasteiger partial charge is 0.409 e. The number of oxime groups is 1. The molecule has 0 aliphatic rings. The smallest absolute Gasteiger partial charge is 0.161 e. The number of amidine groups is 1. The molecule has 0 amide bonds. The Labute approximate surface area is 108 Å². The third-order valence-corrected chi connectivity index (χ3v) is 3.37. The quantitative estimate of drug-likeness (QED) is 0.346. The number of benzene rings is 1. The van der Waals surface area contributed by atoms with E-state index in [4.69, 9.17) is 22.5 Å². The Balaban J connectivity index is 2.82. The van der Waals surface area contributed by atoms with Crippen LogP contribution in [0.25, 0.3) is 0 Å². The molecular weight excluding hydrogens is 293 g/mol. The number of nitrogens with one attached hydrogen (secondary N) is 1. The topological polar surface area (TPSA) is 70.6 Å². The first-order valence-electron chi connectivity index (χ1n) is 4.77. The lowest BCUT2D eigenvalue weighted by atomic mass is 10.2. The fraction of sp³-hybridized carbons (Fsp3) is 0.300.